The third-order valence-corrected chi connectivity index (χ3v) is 12.4. The zero-order valence-corrected chi connectivity index (χ0v) is 20.4. The molecule has 170 valence electrons. The van der Waals surface area contributed by atoms with Crippen molar-refractivity contribution in [3.05, 3.63) is 0 Å². The van der Waals surface area contributed by atoms with E-state index in [0.29, 0.717) is 22.9 Å². The quantitative estimate of drug-likeness (QED) is 0.480. The van der Waals surface area contributed by atoms with Gasteiger partial charge in [0.15, 0.2) is 0 Å². The summed E-state index contributed by atoms with van der Waals surface area (Å²) in [6.07, 6.45) is 15.0. The molecule has 12 atom stereocenters. The normalized spacial score (nSPS) is 62.5. The molecule has 0 aromatic carbocycles. The summed E-state index contributed by atoms with van der Waals surface area (Å²) in [5.41, 5.74) is 1.16. The molecule has 2 saturated heterocycles. The third-order valence-electron chi connectivity index (χ3n) is 12.4. The fourth-order valence-corrected chi connectivity index (χ4v) is 10.7. The summed E-state index contributed by atoms with van der Waals surface area (Å²) in [6.45, 7) is 14.0. The molecule has 2 heteroatoms. The van der Waals surface area contributed by atoms with Crippen LogP contribution in [-0.2, 0) is 4.74 Å². The molecule has 0 aromatic rings. The van der Waals surface area contributed by atoms with Crippen LogP contribution in [0.3, 0.4) is 0 Å². The van der Waals surface area contributed by atoms with Gasteiger partial charge in [-0.25, -0.2) is 0 Å². The Kier molecular flexibility index (Phi) is 4.60. The second kappa shape index (κ2) is 6.72. The maximum atomic E-state index is 7.05. The molecule has 0 radical (unpaired) electrons. The minimum absolute atomic E-state index is 0.00415. The van der Waals surface area contributed by atoms with Crippen LogP contribution in [0.1, 0.15) is 98.8 Å². The predicted octanol–water partition coefficient (Wildman–Crippen LogP) is 6.64. The van der Waals surface area contributed by atoms with Crippen molar-refractivity contribution >= 4 is 0 Å². The summed E-state index contributed by atoms with van der Waals surface area (Å²) in [5.74, 6) is 7.14. The van der Waals surface area contributed by atoms with Crippen molar-refractivity contribution in [2.75, 3.05) is 6.54 Å². The molecule has 2 nitrogen and oxygen atoms in total. The lowest BCUT2D eigenvalue weighted by atomic mass is 9.44. The van der Waals surface area contributed by atoms with Crippen LogP contribution in [0.15, 0.2) is 0 Å². The van der Waals surface area contributed by atoms with Crippen LogP contribution >= 0.6 is 0 Å². The van der Waals surface area contributed by atoms with Gasteiger partial charge in [0.2, 0.25) is 0 Å². The molecule has 4 aliphatic carbocycles. The summed E-state index contributed by atoms with van der Waals surface area (Å²) in [6, 6.07) is 0. The average Bonchev–Trinajstić information content (AvgIpc) is 3.16. The van der Waals surface area contributed by atoms with E-state index in [2.05, 4.69) is 39.9 Å². The van der Waals surface area contributed by atoms with Crippen LogP contribution in [0.4, 0.5) is 0 Å². The number of nitrogens with one attached hydrogen (secondary N) is 1. The molecule has 2 heterocycles. The Hall–Kier alpha value is -0.0800. The Morgan fingerprint density at radius 3 is 2.30 bits per heavy atom. The van der Waals surface area contributed by atoms with Gasteiger partial charge in [0.25, 0.3) is 0 Å². The zero-order chi connectivity index (χ0) is 20.9. The van der Waals surface area contributed by atoms with Crippen LogP contribution in [0.2, 0.25) is 0 Å². The van der Waals surface area contributed by atoms with E-state index in [9.17, 15) is 0 Å². The first kappa shape index (κ1) is 20.5. The minimum Gasteiger partial charge on any atom is -0.357 e. The molecular weight excluding hydrogens is 366 g/mol. The Labute approximate surface area is 185 Å². The molecule has 0 bridgehead atoms. The largest absolute Gasteiger partial charge is 0.357 e. The second-order valence-electron chi connectivity index (χ2n) is 13.7. The third kappa shape index (κ3) is 2.62. The van der Waals surface area contributed by atoms with E-state index in [-0.39, 0.29) is 5.72 Å². The lowest BCUT2D eigenvalue weighted by Crippen LogP contribution is -2.57. The highest BCUT2D eigenvalue weighted by molar-refractivity contribution is 5.16. The first-order valence-electron chi connectivity index (χ1n) is 13.7. The summed E-state index contributed by atoms with van der Waals surface area (Å²) < 4.78 is 7.05. The first-order chi connectivity index (χ1) is 14.3. The Balaban J connectivity index is 1.26. The van der Waals surface area contributed by atoms with E-state index in [1.807, 2.05) is 0 Å². The van der Waals surface area contributed by atoms with Gasteiger partial charge in [-0.1, -0.05) is 41.0 Å². The van der Waals surface area contributed by atoms with Gasteiger partial charge in [-0.15, -0.1) is 0 Å². The van der Waals surface area contributed by atoms with Crippen LogP contribution in [0.25, 0.3) is 0 Å². The summed E-state index contributed by atoms with van der Waals surface area (Å²) in [7, 11) is 0. The second-order valence-corrected chi connectivity index (χ2v) is 13.7. The van der Waals surface area contributed by atoms with Gasteiger partial charge in [-0.2, -0.15) is 0 Å². The SMILES string of the molecule is CC1CC[C@@]2(C)C(CC[C@@H]3C2CC[C@@]2(C)C3C[C@@H]3O[C@@]4(CC[C@H](C)CN4)C(C)C32)C1. The molecule has 0 amide bonds. The van der Waals surface area contributed by atoms with Crippen molar-refractivity contribution in [1.82, 2.24) is 5.32 Å². The van der Waals surface area contributed by atoms with Crippen LogP contribution in [-0.4, -0.2) is 18.4 Å². The smallest absolute Gasteiger partial charge is 0.122 e. The standard InChI is InChI=1S/C28H47NO/c1-17-8-11-26(4)20(14-17)6-7-21-22(26)10-12-27(5)23(21)15-24-25(27)19(3)28(30-24)13-9-18(2)16-29-28/h17-25,29H,6-16H2,1-5H3/t17?,18-,19?,20?,21+,22?,23?,24-,25?,26-,27-,28-/m0/s1. The summed E-state index contributed by atoms with van der Waals surface area (Å²) in [4.78, 5) is 0. The molecule has 1 spiro atoms. The number of rotatable bonds is 0. The zero-order valence-electron chi connectivity index (χ0n) is 20.4. The highest BCUT2D eigenvalue weighted by atomic mass is 16.5. The number of piperidine rings is 1. The fourth-order valence-electron chi connectivity index (χ4n) is 10.7. The van der Waals surface area contributed by atoms with Crippen molar-refractivity contribution in [3.8, 4) is 0 Å². The predicted molar refractivity (Wildman–Crippen MR) is 123 cm³/mol. The number of ether oxygens (including phenoxy) is 1. The van der Waals surface area contributed by atoms with E-state index < -0.39 is 0 Å². The molecule has 6 aliphatic rings. The number of hydrogen-bond acceptors (Lipinski definition) is 2. The van der Waals surface area contributed by atoms with Crippen molar-refractivity contribution < 1.29 is 4.74 Å². The van der Waals surface area contributed by atoms with Crippen molar-refractivity contribution in [2.24, 2.45) is 58.2 Å². The highest BCUT2D eigenvalue weighted by Gasteiger charge is 2.68. The molecule has 2 aliphatic heterocycles. The van der Waals surface area contributed by atoms with Gasteiger partial charge < -0.3 is 4.74 Å². The van der Waals surface area contributed by atoms with E-state index in [1.54, 1.807) is 0 Å². The number of fused-ring (bicyclic) bond motifs is 7. The summed E-state index contributed by atoms with van der Waals surface area (Å²) >= 11 is 0. The first-order valence-corrected chi connectivity index (χ1v) is 13.7. The minimum atomic E-state index is -0.00415. The maximum Gasteiger partial charge on any atom is 0.122 e. The highest BCUT2D eigenvalue weighted by Crippen LogP contribution is 2.71. The lowest BCUT2D eigenvalue weighted by Gasteiger charge is -2.61. The van der Waals surface area contributed by atoms with Crippen LogP contribution < -0.4 is 5.32 Å². The molecule has 4 saturated carbocycles. The van der Waals surface area contributed by atoms with Gasteiger partial charge >= 0.3 is 0 Å². The molecular formula is C28H47NO. The molecule has 6 fully saturated rings. The fraction of sp³-hybridized carbons (Fsp3) is 1.00. The topological polar surface area (TPSA) is 21.3 Å². The van der Waals surface area contributed by atoms with E-state index in [1.165, 1.54) is 64.2 Å². The monoisotopic (exact) mass is 413 g/mol. The Morgan fingerprint density at radius 2 is 1.53 bits per heavy atom. The molecule has 6 rings (SSSR count). The maximum absolute atomic E-state index is 7.05. The van der Waals surface area contributed by atoms with Crippen molar-refractivity contribution in [2.45, 2.75) is 111 Å². The van der Waals surface area contributed by atoms with Gasteiger partial charge in [0, 0.05) is 12.5 Å². The van der Waals surface area contributed by atoms with Gasteiger partial charge in [0.05, 0.1) is 6.10 Å². The Morgan fingerprint density at radius 1 is 0.767 bits per heavy atom. The summed E-state index contributed by atoms with van der Waals surface area (Å²) in [5, 5.41) is 3.92. The number of hydrogen-bond donors (Lipinski definition) is 1. The Bertz CT molecular complexity index is 682. The van der Waals surface area contributed by atoms with E-state index in [4.69, 9.17) is 4.74 Å². The van der Waals surface area contributed by atoms with Crippen molar-refractivity contribution in [1.29, 1.82) is 0 Å². The molecule has 1 N–H and O–H groups in total. The average molecular weight is 414 g/mol. The van der Waals surface area contributed by atoms with Gasteiger partial charge in [-0.05, 0) is 110 Å². The van der Waals surface area contributed by atoms with Crippen molar-refractivity contribution in [3.63, 3.8) is 0 Å². The van der Waals surface area contributed by atoms with Crippen LogP contribution in [0, 0.1) is 58.2 Å². The van der Waals surface area contributed by atoms with Gasteiger partial charge in [-0.3, -0.25) is 5.32 Å². The van der Waals surface area contributed by atoms with Crippen LogP contribution in [0.5, 0.6) is 0 Å². The molecule has 0 aromatic heterocycles. The molecule has 30 heavy (non-hydrogen) atoms. The van der Waals surface area contributed by atoms with E-state index >= 15 is 0 Å². The van der Waals surface area contributed by atoms with Gasteiger partial charge in [0.1, 0.15) is 5.72 Å². The lowest BCUT2D eigenvalue weighted by molar-refractivity contribution is -0.135. The van der Waals surface area contributed by atoms with E-state index in [0.717, 1.165) is 48.0 Å². The molecule has 6 unspecified atom stereocenters.